The third kappa shape index (κ3) is 5.57. The van der Waals surface area contributed by atoms with E-state index in [1.807, 2.05) is 41.3 Å². The van der Waals surface area contributed by atoms with Crippen LogP contribution in [0.3, 0.4) is 0 Å². The molecule has 0 bridgehead atoms. The number of nitrogens with two attached hydrogens (primary N) is 2. The number of aromatic nitrogens is 3. The van der Waals surface area contributed by atoms with Crippen molar-refractivity contribution in [1.29, 1.82) is 0 Å². The Bertz CT molecular complexity index is 1610. The Balaban J connectivity index is 1.01. The van der Waals surface area contributed by atoms with Crippen LogP contribution in [-0.4, -0.2) is 69.2 Å². The molecule has 6 rings (SSSR count). The van der Waals surface area contributed by atoms with Crippen LogP contribution in [0.4, 0.5) is 17.3 Å². The summed E-state index contributed by atoms with van der Waals surface area (Å²) in [5.74, 6) is -0.311. The minimum Gasteiger partial charge on any atom is -0.382 e. The highest BCUT2D eigenvalue weighted by Gasteiger charge is 2.41. The molecule has 1 unspecified atom stereocenters. The minimum atomic E-state index is -0.447. The fourth-order valence-corrected chi connectivity index (χ4v) is 6.19. The van der Waals surface area contributed by atoms with Crippen molar-refractivity contribution >= 4 is 46.5 Å². The summed E-state index contributed by atoms with van der Waals surface area (Å²) in [6.07, 6.45) is 7.18. The third-order valence-electron chi connectivity index (χ3n) is 8.35. The summed E-state index contributed by atoms with van der Waals surface area (Å²) in [6.45, 7) is 2.27. The molecule has 6 N–H and O–H groups in total. The molecular formula is C30H32ClN9O3. The van der Waals surface area contributed by atoms with Gasteiger partial charge in [0.1, 0.15) is 5.82 Å². The fraction of sp³-hybridized carbons (Fsp3) is 0.333. The number of piperidine rings is 1. The van der Waals surface area contributed by atoms with Gasteiger partial charge in [-0.25, -0.2) is 9.97 Å². The molecule has 1 spiro atoms. The average Bonchev–Trinajstić information content (AvgIpc) is 3.52. The topological polar surface area (TPSA) is 172 Å². The summed E-state index contributed by atoms with van der Waals surface area (Å²) < 4.78 is 0. The van der Waals surface area contributed by atoms with Crippen molar-refractivity contribution in [2.45, 2.75) is 37.1 Å². The van der Waals surface area contributed by atoms with E-state index in [9.17, 15) is 14.4 Å². The standard InChI is InChI=1S/C30H32ClN9O3/c31-26-28(33)37-27(32)25(36-26)21(41)15-22-35-17-30(38-22)9-13-39(14-10-30)23(42)8-4-12-40-20-7-2-1-6-19(20)24(29(40)43)18-5-3-11-34-16-18/h1-3,5-7,11,15-16,24,35,38H,4,8-10,12-14,17H2,(H4,32,33,37)/b22-15+. The summed E-state index contributed by atoms with van der Waals surface area (Å²) in [4.78, 5) is 55.0. The maximum atomic E-state index is 13.4. The fourth-order valence-electron chi connectivity index (χ4n) is 6.06. The lowest BCUT2D eigenvalue weighted by Gasteiger charge is -2.39. The quantitative estimate of drug-likeness (QED) is 0.232. The number of amides is 2. The van der Waals surface area contributed by atoms with Crippen LogP contribution in [0, 0.1) is 0 Å². The normalized spacial score (nSPS) is 19.8. The second-order valence-electron chi connectivity index (χ2n) is 11.1. The molecule has 2 fully saturated rings. The van der Waals surface area contributed by atoms with Crippen LogP contribution in [0.15, 0.2) is 60.7 Å². The van der Waals surface area contributed by atoms with Gasteiger partial charge in [0.25, 0.3) is 0 Å². The van der Waals surface area contributed by atoms with E-state index in [4.69, 9.17) is 23.1 Å². The number of nitrogen functional groups attached to an aromatic ring is 2. The number of allylic oxidation sites excluding steroid dienone is 1. The molecular weight excluding hydrogens is 570 g/mol. The first-order valence-corrected chi connectivity index (χ1v) is 14.6. The van der Waals surface area contributed by atoms with Crippen LogP contribution < -0.4 is 27.0 Å². The van der Waals surface area contributed by atoms with Crippen molar-refractivity contribution in [3.05, 3.63) is 82.7 Å². The molecule has 1 aromatic carbocycles. The van der Waals surface area contributed by atoms with Gasteiger partial charge in [0.05, 0.1) is 11.5 Å². The predicted octanol–water partition coefficient (Wildman–Crippen LogP) is 2.23. The summed E-state index contributed by atoms with van der Waals surface area (Å²) in [5, 5.41) is 6.58. The van der Waals surface area contributed by atoms with Gasteiger partial charge in [-0.1, -0.05) is 35.9 Å². The number of rotatable bonds is 7. The Kier molecular flexibility index (Phi) is 7.61. The zero-order valence-corrected chi connectivity index (χ0v) is 24.2. The first-order valence-electron chi connectivity index (χ1n) is 14.2. The van der Waals surface area contributed by atoms with Gasteiger partial charge in [0.2, 0.25) is 17.6 Å². The minimum absolute atomic E-state index is 0.0120. The number of benzene rings is 1. The molecule has 13 heteroatoms. The lowest BCUT2D eigenvalue weighted by atomic mass is 9.88. The predicted molar refractivity (Wildman–Crippen MR) is 162 cm³/mol. The summed E-state index contributed by atoms with van der Waals surface area (Å²) in [7, 11) is 0. The van der Waals surface area contributed by atoms with Crippen LogP contribution in [0.2, 0.25) is 5.15 Å². The molecule has 3 aliphatic heterocycles. The third-order valence-corrected chi connectivity index (χ3v) is 8.62. The van der Waals surface area contributed by atoms with Gasteiger partial charge >= 0.3 is 0 Å². The molecule has 0 saturated carbocycles. The van der Waals surface area contributed by atoms with E-state index in [0.717, 1.165) is 29.7 Å². The van der Waals surface area contributed by atoms with Crippen LogP contribution in [-0.2, 0) is 9.59 Å². The molecule has 2 aromatic heterocycles. The van der Waals surface area contributed by atoms with E-state index in [-0.39, 0.29) is 45.8 Å². The smallest absolute Gasteiger partial charge is 0.239 e. The number of hydrogen-bond donors (Lipinski definition) is 4. The van der Waals surface area contributed by atoms with Gasteiger partial charge in [0.15, 0.2) is 22.5 Å². The lowest BCUT2D eigenvalue weighted by molar-refractivity contribution is -0.133. The van der Waals surface area contributed by atoms with Gasteiger partial charge in [0, 0.05) is 56.8 Å². The first-order chi connectivity index (χ1) is 20.7. The van der Waals surface area contributed by atoms with E-state index in [1.54, 1.807) is 17.3 Å². The second kappa shape index (κ2) is 11.5. The molecule has 0 radical (unpaired) electrons. The number of likely N-dealkylation sites (tertiary alicyclic amines) is 1. The van der Waals surface area contributed by atoms with Crippen molar-refractivity contribution in [3.63, 3.8) is 0 Å². The van der Waals surface area contributed by atoms with Gasteiger partial charge < -0.3 is 31.9 Å². The number of para-hydroxylation sites is 1. The SMILES string of the molecule is Nc1nc(N)c(C(=O)/C=C2\NCC3(CCN(C(=O)CCCN4C(=O)C(c5cccnc5)c5ccccc54)CC3)N2)nc1Cl. The number of pyridine rings is 1. The highest BCUT2D eigenvalue weighted by Crippen LogP contribution is 2.41. The largest absolute Gasteiger partial charge is 0.382 e. The van der Waals surface area contributed by atoms with Crippen LogP contribution in [0.25, 0.3) is 0 Å². The van der Waals surface area contributed by atoms with Crippen molar-refractivity contribution in [2.24, 2.45) is 0 Å². The molecule has 2 amide bonds. The number of carbonyl (C=O) groups is 3. The lowest BCUT2D eigenvalue weighted by Crippen LogP contribution is -2.53. The Hall–Kier alpha value is -4.71. The number of hydrogen-bond acceptors (Lipinski definition) is 10. The highest BCUT2D eigenvalue weighted by atomic mass is 35.5. The van der Waals surface area contributed by atoms with Crippen LogP contribution >= 0.6 is 11.6 Å². The zero-order valence-electron chi connectivity index (χ0n) is 23.4. The number of halogens is 1. The Morgan fingerprint density at radius 1 is 1.09 bits per heavy atom. The van der Waals surface area contributed by atoms with E-state index in [0.29, 0.717) is 44.8 Å². The summed E-state index contributed by atoms with van der Waals surface area (Å²) in [6, 6.07) is 11.6. The molecule has 2 saturated heterocycles. The van der Waals surface area contributed by atoms with Gasteiger partial charge in [-0.2, -0.15) is 0 Å². The van der Waals surface area contributed by atoms with Gasteiger partial charge in [-0.3, -0.25) is 19.4 Å². The van der Waals surface area contributed by atoms with Crippen molar-refractivity contribution < 1.29 is 14.4 Å². The zero-order chi connectivity index (χ0) is 30.1. The molecule has 0 aliphatic carbocycles. The number of nitrogens with zero attached hydrogens (tertiary/aromatic N) is 5. The number of ketones is 1. The number of fused-ring (bicyclic) bond motifs is 1. The molecule has 222 valence electrons. The van der Waals surface area contributed by atoms with Gasteiger partial charge in [-0.15, -0.1) is 0 Å². The van der Waals surface area contributed by atoms with Crippen LogP contribution in [0.1, 0.15) is 53.2 Å². The van der Waals surface area contributed by atoms with Gasteiger partial charge in [-0.05, 0) is 42.5 Å². The molecule has 43 heavy (non-hydrogen) atoms. The second-order valence-corrected chi connectivity index (χ2v) is 11.4. The molecule has 1 atom stereocenters. The van der Waals surface area contributed by atoms with E-state index >= 15 is 0 Å². The average molecular weight is 602 g/mol. The molecule has 3 aliphatic rings. The number of carbonyl (C=O) groups excluding carboxylic acids is 3. The van der Waals surface area contributed by atoms with Crippen molar-refractivity contribution in [3.8, 4) is 0 Å². The monoisotopic (exact) mass is 601 g/mol. The molecule has 5 heterocycles. The Morgan fingerprint density at radius 2 is 1.88 bits per heavy atom. The van der Waals surface area contributed by atoms with E-state index < -0.39 is 5.78 Å². The maximum Gasteiger partial charge on any atom is 0.239 e. The van der Waals surface area contributed by atoms with Crippen molar-refractivity contribution in [2.75, 3.05) is 42.5 Å². The molecule has 3 aromatic rings. The number of anilines is 3. The molecule has 12 nitrogen and oxygen atoms in total. The highest BCUT2D eigenvalue weighted by molar-refractivity contribution is 6.31. The van der Waals surface area contributed by atoms with Crippen molar-refractivity contribution in [1.82, 2.24) is 30.5 Å². The van der Waals surface area contributed by atoms with E-state index in [2.05, 4.69) is 25.6 Å². The maximum absolute atomic E-state index is 13.4. The summed E-state index contributed by atoms with van der Waals surface area (Å²) >= 11 is 5.91. The first kappa shape index (κ1) is 28.4. The summed E-state index contributed by atoms with van der Waals surface area (Å²) in [5.41, 5.74) is 13.8. The Labute approximate surface area is 253 Å². The number of nitrogens with one attached hydrogen (secondary N) is 2. The Morgan fingerprint density at radius 3 is 2.65 bits per heavy atom. The van der Waals surface area contributed by atoms with Crippen LogP contribution in [0.5, 0.6) is 0 Å². The van der Waals surface area contributed by atoms with E-state index in [1.165, 1.54) is 6.08 Å².